The number of amides is 3. The number of rotatable bonds is 6. The van der Waals surface area contributed by atoms with E-state index in [1.807, 2.05) is 0 Å². The number of ether oxygens (including phenoxy) is 1. The summed E-state index contributed by atoms with van der Waals surface area (Å²) in [6.07, 6.45) is 0.553. The van der Waals surface area contributed by atoms with Crippen molar-refractivity contribution in [2.75, 3.05) is 12.4 Å². The molecule has 0 bridgehead atoms. The topological polar surface area (TPSA) is 75.7 Å². The molecule has 1 fully saturated rings. The molecule has 3 amide bonds. The molecular formula is C20H19FN2O4. The van der Waals surface area contributed by atoms with Crippen LogP contribution in [0.4, 0.5) is 10.1 Å². The molecule has 0 unspecified atom stereocenters. The van der Waals surface area contributed by atoms with E-state index in [1.165, 1.54) is 24.1 Å². The summed E-state index contributed by atoms with van der Waals surface area (Å²) in [4.78, 5) is 36.7. The predicted molar refractivity (Wildman–Crippen MR) is 96.5 cm³/mol. The van der Waals surface area contributed by atoms with Gasteiger partial charge in [-0.15, -0.1) is 0 Å². The van der Waals surface area contributed by atoms with Crippen LogP contribution in [-0.4, -0.2) is 29.7 Å². The first kappa shape index (κ1) is 18.6. The Hall–Kier alpha value is -3.22. The lowest BCUT2D eigenvalue weighted by Crippen LogP contribution is -2.28. The largest absolute Gasteiger partial charge is 0.494 e. The maximum absolute atomic E-state index is 13.7. The van der Waals surface area contributed by atoms with E-state index in [-0.39, 0.29) is 49.3 Å². The molecule has 1 aliphatic heterocycles. The zero-order valence-electron chi connectivity index (χ0n) is 14.8. The number of hydrogen-bond donors (Lipinski definition) is 1. The summed E-state index contributed by atoms with van der Waals surface area (Å²) >= 11 is 0. The summed E-state index contributed by atoms with van der Waals surface area (Å²) in [5.74, 6) is -0.992. The van der Waals surface area contributed by atoms with Gasteiger partial charge in [-0.05, 0) is 35.4 Å². The van der Waals surface area contributed by atoms with Gasteiger partial charge in [0.1, 0.15) is 0 Å². The zero-order chi connectivity index (χ0) is 19.4. The van der Waals surface area contributed by atoms with Gasteiger partial charge in [-0.1, -0.05) is 18.2 Å². The van der Waals surface area contributed by atoms with Gasteiger partial charge in [0.15, 0.2) is 11.6 Å². The van der Waals surface area contributed by atoms with Crippen molar-refractivity contribution >= 4 is 23.4 Å². The van der Waals surface area contributed by atoms with Crippen molar-refractivity contribution in [3.8, 4) is 5.75 Å². The monoisotopic (exact) mass is 370 g/mol. The molecule has 140 valence electrons. The summed E-state index contributed by atoms with van der Waals surface area (Å²) in [6.45, 7) is 0.233. The Morgan fingerprint density at radius 3 is 2.30 bits per heavy atom. The van der Waals surface area contributed by atoms with Crippen molar-refractivity contribution in [2.45, 2.75) is 25.8 Å². The molecule has 6 nitrogen and oxygen atoms in total. The van der Waals surface area contributed by atoms with Crippen LogP contribution in [0.2, 0.25) is 0 Å². The van der Waals surface area contributed by atoms with Crippen molar-refractivity contribution in [1.29, 1.82) is 0 Å². The van der Waals surface area contributed by atoms with Gasteiger partial charge >= 0.3 is 0 Å². The normalized spacial score (nSPS) is 13.8. The van der Waals surface area contributed by atoms with E-state index in [4.69, 9.17) is 4.74 Å². The molecule has 1 saturated heterocycles. The minimum atomic E-state index is -0.516. The van der Waals surface area contributed by atoms with Crippen LogP contribution in [0.25, 0.3) is 0 Å². The molecule has 0 spiro atoms. The number of halogens is 1. The summed E-state index contributed by atoms with van der Waals surface area (Å²) in [5, 5.41) is 2.74. The fraction of sp³-hybridized carbons (Fsp3) is 0.250. The Bertz CT molecular complexity index is 864. The molecule has 0 saturated carbocycles. The minimum Gasteiger partial charge on any atom is -0.494 e. The third-order valence-electron chi connectivity index (χ3n) is 4.31. The fourth-order valence-electron chi connectivity index (χ4n) is 2.89. The van der Waals surface area contributed by atoms with E-state index >= 15 is 0 Å². The van der Waals surface area contributed by atoms with Crippen molar-refractivity contribution in [2.24, 2.45) is 0 Å². The van der Waals surface area contributed by atoms with Gasteiger partial charge in [0.2, 0.25) is 17.7 Å². The highest BCUT2D eigenvalue weighted by Crippen LogP contribution is 2.19. The second-order valence-corrected chi connectivity index (χ2v) is 6.26. The fourth-order valence-corrected chi connectivity index (χ4v) is 2.89. The highest BCUT2D eigenvalue weighted by atomic mass is 19.1. The number of anilines is 1. The third-order valence-corrected chi connectivity index (χ3v) is 4.31. The van der Waals surface area contributed by atoms with Gasteiger partial charge in [0, 0.05) is 18.5 Å². The second kappa shape index (κ2) is 7.99. The zero-order valence-corrected chi connectivity index (χ0v) is 14.8. The molecule has 1 aliphatic rings. The van der Waals surface area contributed by atoms with E-state index in [2.05, 4.69) is 5.32 Å². The average molecular weight is 370 g/mol. The number of nitrogens with one attached hydrogen (secondary N) is 1. The van der Waals surface area contributed by atoms with Crippen LogP contribution >= 0.6 is 0 Å². The van der Waals surface area contributed by atoms with Crippen LogP contribution in [-0.2, 0) is 27.3 Å². The van der Waals surface area contributed by atoms with Crippen LogP contribution in [0.5, 0.6) is 5.75 Å². The van der Waals surface area contributed by atoms with Crippen LogP contribution in [0, 0.1) is 5.82 Å². The molecule has 1 N–H and O–H groups in total. The maximum Gasteiger partial charge on any atom is 0.229 e. The van der Waals surface area contributed by atoms with E-state index < -0.39 is 5.82 Å². The molecule has 7 heteroatoms. The first-order valence-corrected chi connectivity index (χ1v) is 8.50. The Morgan fingerprint density at radius 1 is 1.07 bits per heavy atom. The molecule has 1 heterocycles. The van der Waals surface area contributed by atoms with Crippen LogP contribution in [0.1, 0.15) is 24.0 Å². The number of likely N-dealkylation sites (tertiary alicyclic amines) is 1. The highest BCUT2D eigenvalue weighted by molar-refractivity contribution is 6.01. The molecular weight excluding hydrogens is 351 g/mol. The lowest BCUT2D eigenvalue weighted by molar-refractivity contribution is -0.139. The Kier molecular flexibility index (Phi) is 5.49. The molecule has 27 heavy (non-hydrogen) atoms. The maximum atomic E-state index is 13.7. The van der Waals surface area contributed by atoms with Crippen molar-refractivity contribution in [1.82, 2.24) is 4.90 Å². The van der Waals surface area contributed by atoms with E-state index in [0.717, 1.165) is 5.56 Å². The van der Waals surface area contributed by atoms with Crippen molar-refractivity contribution in [3.05, 3.63) is 59.4 Å². The molecule has 0 aliphatic carbocycles. The first-order valence-electron chi connectivity index (χ1n) is 8.50. The van der Waals surface area contributed by atoms with Crippen LogP contribution in [0.3, 0.4) is 0 Å². The first-order chi connectivity index (χ1) is 13.0. The standard InChI is InChI=1S/C20H19FN2O4/c1-27-17-7-4-14(10-16(17)21)11-18(24)22-15-5-2-13(3-6-15)12-23-19(25)8-9-20(23)26/h2-7,10H,8-9,11-12H2,1H3,(H,22,24). The van der Waals surface area contributed by atoms with Crippen molar-refractivity contribution < 1.29 is 23.5 Å². The molecule has 2 aromatic rings. The van der Waals surface area contributed by atoms with Crippen LogP contribution < -0.4 is 10.1 Å². The SMILES string of the molecule is COc1ccc(CC(=O)Nc2ccc(CN3C(=O)CCC3=O)cc2)cc1F. The predicted octanol–water partition coefficient (Wildman–Crippen LogP) is 2.66. The van der Waals surface area contributed by atoms with Gasteiger partial charge in [0.05, 0.1) is 20.1 Å². The summed E-state index contributed by atoms with van der Waals surface area (Å²) < 4.78 is 18.5. The van der Waals surface area contributed by atoms with Crippen molar-refractivity contribution in [3.63, 3.8) is 0 Å². The number of imide groups is 1. The number of carbonyl (C=O) groups excluding carboxylic acids is 3. The van der Waals surface area contributed by atoms with Gasteiger partial charge in [0.25, 0.3) is 0 Å². The molecule has 0 radical (unpaired) electrons. The summed E-state index contributed by atoms with van der Waals surface area (Å²) in [6, 6.07) is 11.3. The lowest BCUT2D eigenvalue weighted by atomic mass is 10.1. The van der Waals surface area contributed by atoms with Crippen LogP contribution in [0.15, 0.2) is 42.5 Å². The van der Waals surface area contributed by atoms with Gasteiger partial charge in [-0.25, -0.2) is 4.39 Å². The number of hydrogen-bond acceptors (Lipinski definition) is 4. The smallest absolute Gasteiger partial charge is 0.229 e. The second-order valence-electron chi connectivity index (χ2n) is 6.26. The van der Waals surface area contributed by atoms with E-state index in [0.29, 0.717) is 11.3 Å². The van der Waals surface area contributed by atoms with E-state index in [1.54, 1.807) is 30.3 Å². The van der Waals surface area contributed by atoms with E-state index in [9.17, 15) is 18.8 Å². The number of methoxy groups -OCH3 is 1. The highest BCUT2D eigenvalue weighted by Gasteiger charge is 2.28. The van der Waals surface area contributed by atoms with Gasteiger partial charge in [-0.3, -0.25) is 19.3 Å². The molecule has 0 aromatic heterocycles. The summed E-state index contributed by atoms with van der Waals surface area (Å²) in [7, 11) is 1.38. The molecule has 3 rings (SSSR count). The third kappa shape index (κ3) is 4.49. The number of carbonyl (C=O) groups is 3. The summed E-state index contributed by atoms with van der Waals surface area (Å²) in [5.41, 5.74) is 1.92. The average Bonchev–Trinajstić information content (AvgIpc) is 2.95. The molecule has 0 atom stereocenters. The molecule has 2 aromatic carbocycles. The Morgan fingerprint density at radius 2 is 1.70 bits per heavy atom. The number of benzene rings is 2. The lowest BCUT2D eigenvalue weighted by Gasteiger charge is -2.14. The minimum absolute atomic E-state index is 0.0272. The quantitative estimate of drug-likeness (QED) is 0.794. The van der Waals surface area contributed by atoms with Gasteiger partial charge < -0.3 is 10.1 Å². The Balaban J connectivity index is 1.57. The Labute approximate surface area is 155 Å². The van der Waals surface area contributed by atoms with Gasteiger partial charge in [-0.2, -0.15) is 0 Å². The number of nitrogens with zero attached hydrogens (tertiary/aromatic N) is 1.